The maximum Gasteiger partial charge on any atom is 0.407 e. The van der Waals surface area contributed by atoms with Gasteiger partial charge in [-0.2, -0.15) is 0 Å². The highest BCUT2D eigenvalue weighted by atomic mass is 16.6. The van der Waals surface area contributed by atoms with Gasteiger partial charge >= 0.3 is 12.1 Å². The van der Waals surface area contributed by atoms with Gasteiger partial charge in [-0.3, -0.25) is 14.4 Å². The zero-order chi connectivity index (χ0) is 20.7. The van der Waals surface area contributed by atoms with Gasteiger partial charge in [-0.05, 0) is 51.5 Å². The Hall–Kier alpha value is -2.90. The van der Waals surface area contributed by atoms with Gasteiger partial charge < -0.3 is 19.7 Å². The normalized spacial score (nSPS) is 14.0. The maximum absolute atomic E-state index is 12.1. The van der Waals surface area contributed by atoms with Crippen molar-refractivity contribution in [3.8, 4) is 0 Å². The van der Waals surface area contributed by atoms with Gasteiger partial charge in [0.25, 0.3) is 0 Å². The zero-order valence-corrected chi connectivity index (χ0v) is 16.4. The average Bonchev–Trinajstić information content (AvgIpc) is 3.04. The summed E-state index contributed by atoms with van der Waals surface area (Å²) >= 11 is 0. The summed E-state index contributed by atoms with van der Waals surface area (Å²) in [4.78, 5) is 48.7. The van der Waals surface area contributed by atoms with Crippen LogP contribution in [-0.2, 0) is 19.1 Å². The summed E-state index contributed by atoms with van der Waals surface area (Å²) in [5.41, 5.74) is 0.536. The van der Waals surface area contributed by atoms with E-state index in [1.54, 1.807) is 49.9 Å². The molecule has 0 aromatic heterocycles. The molecule has 0 radical (unpaired) electrons. The van der Waals surface area contributed by atoms with Gasteiger partial charge in [-0.1, -0.05) is 0 Å². The Balaban J connectivity index is 1.72. The molecule has 2 amide bonds. The van der Waals surface area contributed by atoms with Crippen LogP contribution in [0.1, 0.15) is 50.4 Å². The highest BCUT2D eigenvalue weighted by molar-refractivity contribution is 5.99. The largest absolute Gasteiger partial charge is 0.457 e. The van der Waals surface area contributed by atoms with Gasteiger partial charge in [-0.15, -0.1) is 0 Å². The Labute approximate surface area is 164 Å². The molecule has 1 heterocycles. The number of benzene rings is 1. The number of ether oxygens (including phenoxy) is 2. The Morgan fingerprint density at radius 3 is 2.39 bits per heavy atom. The van der Waals surface area contributed by atoms with E-state index in [0.717, 1.165) is 12.1 Å². The van der Waals surface area contributed by atoms with Crippen molar-refractivity contribution in [2.24, 2.45) is 0 Å². The summed E-state index contributed by atoms with van der Waals surface area (Å²) in [5, 5.41) is 2.45. The van der Waals surface area contributed by atoms with Crippen molar-refractivity contribution in [3.05, 3.63) is 29.8 Å². The fraction of sp³-hybridized carbons (Fsp3) is 0.500. The molecule has 1 fully saturated rings. The van der Waals surface area contributed by atoms with Crippen LogP contribution < -0.4 is 10.2 Å². The number of nitrogens with one attached hydrogen (secondary N) is 1. The van der Waals surface area contributed by atoms with Gasteiger partial charge in [0.05, 0.1) is 6.42 Å². The van der Waals surface area contributed by atoms with E-state index in [1.165, 1.54) is 0 Å². The molecule has 1 N–H and O–H groups in total. The third kappa shape index (κ3) is 6.68. The first-order valence-corrected chi connectivity index (χ1v) is 9.22. The Morgan fingerprint density at radius 1 is 1.14 bits per heavy atom. The van der Waals surface area contributed by atoms with Crippen LogP contribution in [0.5, 0.6) is 0 Å². The second-order valence-electron chi connectivity index (χ2n) is 7.46. The number of anilines is 1. The molecule has 28 heavy (non-hydrogen) atoms. The number of esters is 1. The molecular weight excluding hydrogens is 364 g/mol. The monoisotopic (exact) mass is 390 g/mol. The second kappa shape index (κ2) is 9.34. The molecule has 0 atom stereocenters. The zero-order valence-electron chi connectivity index (χ0n) is 16.4. The number of carbonyl (C=O) groups excluding carboxylic acids is 4. The molecule has 0 bridgehead atoms. The van der Waals surface area contributed by atoms with E-state index in [2.05, 4.69) is 5.32 Å². The van der Waals surface area contributed by atoms with Gasteiger partial charge in [-0.25, -0.2) is 4.79 Å². The standard InChI is InChI=1S/C20H26N2O6/c1-20(2,3)28-19(26)21-11-10-18(25)27-13-16(23)14-6-8-15(9-7-14)22-12-4-5-17(22)24/h6-9H,4-5,10-13H2,1-3H3,(H,21,26). The minimum atomic E-state index is -0.618. The first-order valence-electron chi connectivity index (χ1n) is 9.22. The summed E-state index contributed by atoms with van der Waals surface area (Å²) < 4.78 is 9.99. The molecule has 152 valence electrons. The molecule has 0 unspecified atom stereocenters. The molecule has 1 aliphatic heterocycles. The molecule has 1 aromatic carbocycles. The maximum atomic E-state index is 12.1. The Kier molecular flexibility index (Phi) is 7.14. The number of ketones is 1. The Bertz CT molecular complexity index is 736. The fourth-order valence-corrected chi connectivity index (χ4v) is 2.63. The van der Waals surface area contributed by atoms with Gasteiger partial charge in [0, 0.05) is 30.8 Å². The van der Waals surface area contributed by atoms with E-state index in [0.29, 0.717) is 18.5 Å². The van der Waals surface area contributed by atoms with Crippen molar-refractivity contribution < 1.29 is 28.7 Å². The van der Waals surface area contributed by atoms with Gasteiger partial charge in [0.2, 0.25) is 5.91 Å². The lowest BCUT2D eigenvalue weighted by atomic mass is 10.1. The molecule has 2 rings (SSSR count). The summed E-state index contributed by atoms with van der Waals surface area (Å²) in [6.45, 7) is 5.57. The highest BCUT2D eigenvalue weighted by Crippen LogP contribution is 2.21. The summed E-state index contributed by atoms with van der Waals surface area (Å²) in [6.07, 6.45) is 0.688. The van der Waals surface area contributed by atoms with E-state index < -0.39 is 17.7 Å². The molecule has 8 nitrogen and oxygen atoms in total. The predicted octanol–water partition coefficient (Wildman–Crippen LogP) is 2.45. The lowest BCUT2D eigenvalue weighted by Crippen LogP contribution is -2.33. The molecule has 1 aromatic rings. The molecule has 0 saturated carbocycles. The Morgan fingerprint density at radius 2 is 1.82 bits per heavy atom. The van der Waals surface area contributed by atoms with Gasteiger partial charge in [0.15, 0.2) is 12.4 Å². The molecule has 1 aliphatic rings. The third-order valence-corrected chi connectivity index (χ3v) is 3.94. The van der Waals surface area contributed by atoms with Crippen LogP contribution in [0.2, 0.25) is 0 Å². The smallest absolute Gasteiger partial charge is 0.407 e. The number of amides is 2. The number of nitrogens with zero attached hydrogens (tertiary/aromatic N) is 1. The van der Waals surface area contributed by atoms with Crippen LogP contribution >= 0.6 is 0 Å². The topological polar surface area (TPSA) is 102 Å². The summed E-state index contributed by atoms with van der Waals surface area (Å²) in [6, 6.07) is 6.65. The van der Waals surface area contributed by atoms with Crippen molar-refractivity contribution >= 4 is 29.4 Å². The number of hydrogen-bond acceptors (Lipinski definition) is 6. The SMILES string of the molecule is CC(C)(C)OC(=O)NCCC(=O)OCC(=O)c1ccc(N2CCCC2=O)cc1. The van der Waals surface area contributed by atoms with Crippen LogP contribution in [-0.4, -0.2) is 49.1 Å². The van der Waals surface area contributed by atoms with Crippen LogP contribution in [0.15, 0.2) is 24.3 Å². The summed E-state index contributed by atoms with van der Waals surface area (Å²) in [7, 11) is 0. The lowest BCUT2D eigenvalue weighted by molar-refractivity contribution is -0.142. The lowest BCUT2D eigenvalue weighted by Gasteiger charge is -2.19. The summed E-state index contributed by atoms with van der Waals surface area (Å²) in [5.74, 6) is -0.857. The second-order valence-corrected chi connectivity index (χ2v) is 7.46. The molecule has 8 heteroatoms. The number of Topliss-reactive ketones (excluding diaryl/α,β-unsaturated/α-hetero) is 1. The number of rotatable bonds is 7. The van der Waals surface area contributed by atoms with E-state index in [9.17, 15) is 19.2 Å². The van der Waals surface area contributed by atoms with Crippen LogP contribution in [0.3, 0.4) is 0 Å². The first-order chi connectivity index (χ1) is 13.2. The van der Waals surface area contributed by atoms with Gasteiger partial charge in [0.1, 0.15) is 5.60 Å². The fourth-order valence-electron chi connectivity index (χ4n) is 2.63. The molecular formula is C20H26N2O6. The number of carbonyl (C=O) groups is 4. The van der Waals surface area contributed by atoms with Crippen LogP contribution in [0.25, 0.3) is 0 Å². The van der Waals surface area contributed by atoms with Crippen molar-refractivity contribution in [2.75, 3.05) is 24.6 Å². The van der Waals surface area contributed by atoms with Crippen molar-refractivity contribution in [2.45, 2.75) is 45.6 Å². The van der Waals surface area contributed by atoms with Crippen molar-refractivity contribution in [1.82, 2.24) is 5.32 Å². The minimum absolute atomic E-state index is 0.0560. The predicted molar refractivity (Wildman–Crippen MR) is 102 cm³/mol. The molecule has 0 aliphatic carbocycles. The quantitative estimate of drug-likeness (QED) is 0.567. The molecule has 0 spiro atoms. The highest BCUT2D eigenvalue weighted by Gasteiger charge is 2.22. The molecule has 1 saturated heterocycles. The van der Waals surface area contributed by atoms with E-state index in [1.807, 2.05) is 0 Å². The van der Waals surface area contributed by atoms with E-state index in [-0.39, 0.29) is 31.3 Å². The van der Waals surface area contributed by atoms with Crippen molar-refractivity contribution in [1.29, 1.82) is 0 Å². The number of hydrogen-bond donors (Lipinski definition) is 1. The average molecular weight is 390 g/mol. The third-order valence-electron chi connectivity index (χ3n) is 3.94. The first kappa shape index (κ1) is 21.4. The van der Waals surface area contributed by atoms with E-state index >= 15 is 0 Å². The van der Waals surface area contributed by atoms with E-state index in [4.69, 9.17) is 9.47 Å². The minimum Gasteiger partial charge on any atom is -0.457 e. The number of alkyl carbamates (subject to hydrolysis) is 1. The van der Waals surface area contributed by atoms with Crippen molar-refractivity contribution in [3.63, 3.8) is 0 Å². The van der Waals surface area contributed by atoms with Crippen LogP contribution in [0, 0.1) is 0 Å². The van der Waals surface area contributed by atoms with Crippen LogP contribution in [0.4, 0.5) is 10.5 Å².